The van der Waals surface area contributed by atoms with Crippen LogP contribution in [-0.4, -0.2) is 33.1 Å². The Bertz CT molecular complexity index is 849. The summed E-state index contributed by atoms with van der Waals surface area (Å²) < 4.78 is 1.26. The highest BCUT2D eigenvalue weighted by molar-refractivity contribution is 5.98. The van der Waals surface area contributed by atoms with Gasteiger partial charge in [0.25, 0.3) is 11.2 Å². The lowest BCUT2D eigenvalue weighted by atomic mass is 10.0. The molecule has 26 heavy (non-hydrogen) atoms. The highest BCUT2D eigenvalue weighted by atomic mass is 16.6. The molecular formula is C18H24N4O4. The fourth-order valence-electron chi connectivity index (χ4n) is 2.55. The Balaban J connectivity index is 2.42. The Hall–Kier alpha value is -2.74. The number of H-pyrrole nitrogens is 1. The molecule has 0 aliphatic heterocycles. The standard InChI is InChI=1S/C18H24N4O4/c1-5-12(4)19-10-15(23)16-17(11(2)3)20-21(18(16)24)13-6-8-14(9-7-13)22(25)26/h6-9,11-12,19-20H,5,10H2,1-4H3/t12-/m0/s1. The number of nitro benzene ring substituents is 1. The first-order valence-electron chi connectivity index (χ1n) is 8.62. The van der Waals surface area contributed by atoms with E-state index in [1.165, 1.54) is 28.9 Å². The van der Waals surface area contributed by atoms with Crippen molar-refractivity contribution in [1.29, 1.82) is 0 Å². The monoisotopic (exact) mass is 360 g/mol. The lowest BCUT2D eigenvalue weighted by Gasteiger charge is -2.10. The van der Waals surface area contributed by atoms with E-state index in [1.807, 2.05) is 27.7 Å². The number of hydrogen-bond acceptors (Lipinski definition) is 5. The number of carbonyl (C=O) groups excluding carboxylic acids is 1. The highest BCUT2D eigenvalue weighted by Gasteiger charge is 2.23. The Morgan fingerprint density at radius 2 is 1.88 bits per heavy atom. The Kier molecular flexibility index (Phi) is 6.10. The maximum absolute atomic E-state index is 12.8. The molecule has 0 spiro atoms. The molecule has 1 aromatic heterocycles. The summed E-state index contributed by atoms with van der Waals surface area (Å²) in [5.74, 6) is -0.319. The van der Waals surface area contributed by atoms with Gasteiger partial charge < -0.3 is 5.32 Å². The predicted octanol–water partition coefficient (Wildman–Crippen LogP) is 2.77. The van der Waals surface area contributed by atoms with E-state index >= 15 is 0 Å². The average molecular weight is 360 g/mol. The van der Waals surface area contributed by atoms with Gasteiger partial charge in [0.05, 0.1) is 22.8 Å². The van der Waals surface area contributed by atoms with Crippen LogP contribution < -0.4 is 10.9 Å². The molecule has 2 aromatic rings. The van der Waals surface area contributed by atoms with Gasteiger partial charge in [0.1, 0.15) is 5.56 Å². The van der Waals surface area contributed by atoms with E-state index in [2.05, 4.69) is 10.4 Å². The van der Waals surface area contributed by atoms with Gasteiger partial charge in [0.2, 0.25) is 0 Å². The molecule has 0 amide bonds. The van der Waals surface area contributed by atoms with E-state index < -0.39 is 10.5 Å². The van der Waals surface area contributed by atoms with E-state index in [1.54, 1.807) is 0 Å². The molecule has 8 nitrogen and oxygen atoms in total. The number of aromatic amines is 1. The summed E-state index contributed by atoms with van der Waals surface area (Å²) in [5.41, 5.74) is 0.625. The smallest absolute Gasteiger partial charge is 0.282 e. The Morgan fingerprint density at radius 1 is 1.27 bits per heavy atom. The zero-order chi connectivity index (χ0) is 19.4. The third kappa shape index (κ3) is 4.08. The second-order valence-electron chi connectivity index (χ2n) is 6.58. The molecule has 1 heterocycles. The van der Waals surface area contributed by atoms with Crippen molar-refractivity contribution in [3.63, 3.8) is 0 Å². The quantitative estimate of drug-likeness (QED) is 0.427. The minimum absolute atomic E-state index is 0.0513. The second kappa shape index (κ2) is 8.09. The number of nitrogens with zero attached hydrogens (tertiary/aromatic N) is 2. The number of rotatable bonds is 8. The molecule has 1 atom stereocenters. The van der Waals surface area contributed by atoms with Crippen LogP contribution in [0, 0.1) is 10.1 Å². The number of benzene rings is 1. The second-order valence-corrected chi connectivity index (χ2v) is 6.58. The number of aromatic nitrogens is 2. The van der Waals surface area contributed by atoms with Crippen LogP contribution in [0.4, 0.5) is 5.69 Å². The predicted molar refractivity (Wildman–Crippen MR) is 99.2 cm³/mol. The number of hydrogen-bond donors (Lipinski definition) is 2. The van der Waals surface area contributed by atoms with Gasteiger partial charge in [-0.25, -0.2) is 4.68 Å². The van der Waals surface area contributed by atoms with Gasteiger partial charge in [-0.2, -0.15) is 0 Å². The molecule has 2 rings (SSSR count). The molecule has 0 radical (unpaired) electrons. The summed E-state index contributed by atoms with van der Waals surface area (Å²) in [5, 5.41) is 16.9. The lowest BCUT2D eigenvalue weighted by Crippen LogP contribution is -2.33. The number of non-ortho nitro benzene ring substituents is 1. The van der Waals surface area contributed by atoms with Crippen LogP contribution in [0.3, 0.4) is 0 Å². The summed E-state index contributed by atoms with van der Waals surface area (Å²) in [6.07, 6.45) is 0.879. The van der Waals surface area contributed by atoms with Gasteiger partial charge in [-0.3, -0.25) is 24.8 Å². The van der Waals surface area contributed by atoms with Crippen LogP contribution in [0.5, 0.6) is 0 Å². The molecule has 0 fully saturated rings. The molecule has 2 N–H and O–H groups in total. The molecule has 0 saturated carbocycles. The number of ketones is 1. The third-order valence-electron chi connectivity index (χ3n) is 4.32. The summed E-state index contributed by atoms with van der Waals surface area (Å²) in [6.45, 7) is 7.86. The van der Waals surface area contributed by atoms with E-state index in [0.29, 0.717) is 11.4 Å². The molecule has 0 unspecified atom stereocenters. The molecule has 0 bridgehead atoms. The SMILES string of the molecule is CC[C@H](C)NCC(=O)c1c(C(C)C)[nH]n(-c2ccc([N+](=O)[O-])cc2)c1=O. The summed E-state index contributed by atoms with van der Waals surface area (Å²) in [6, 6.07) is 5.78. The van der Waals surface area contributed by atoms with Crippen LogP contribution in [-0.2, 0) is 0 Å². The lowest BCUT2D eigenvalue weighted by molar-refractivity contribution is -0.384. The first kappa shape index (κ1) is 19.6. The number of Topliss-reactive ketones (excluding diaryl/α,β-unsaturated/α-hetero) is 1. The number of nitrogens with one attached hydrogen (secondary N) is 2. The summed E-state index contributed by atoms with van der Waals surface area (Å²) in [4.78, 5) is 35.7. The summed E-state index contributed by atoms with van der Waals surface area (Å²) in [7, 11) is 0. The van der Waals surface area contributed by atoms with Gasteiger partial charge in [0, 0.05) is 18.2 Å². The van der Waals surface area contributed by atoms with Gasteiger partial charge in [-0.15, -0.1) is 0 Å². The molecule has 0 aliphatic rings. The molecule has 8 heteroatoms. The number of carbonyl (C=O) groups is 1. The molecule has 0 aliphatic carbocycles. The Labute approximate surface area is 151 Å². The van der Waals surface area contributed by atoms with Crippen molar-refractivity contribution < 1.29 is 9.72 Å². The fraction of sp³-hybridized carbons (Fsp3) is 0.444. The largest absolute Gasteiger partial charge is 0.307 e. The van der Waals surface area contributed by atoms with Crippen LogP contribution in [0.1, 0.15) is 56.1 Å². The van der Waals surface area contributed by atoms with Gasteiger partial charge in [-0.1, -0.05) is 20.8 Å². The normalized spacial score (nSPS) is 12.3. The van der Waals surface area contributed by atoms with Gasteiger partial charge >= 0.3 is 0 Å². The molecule has 0 saturated heterocycles. The minimum atomic E-state index is -0.504. The van der Waals surface area contributed by atoms with E-state index in [0.717, 1.165) is 6.42 Å². The van der Waals surface area contributed by atoms with Crippen LogP contribution >= 0.6 is 0 Å². The maximum atomic E-state index is 12.8. The van der Waals surface area contributed by atoms with E-state index in [4.69, 9.17) is 0 Å². The first-order chi connectivity index (χ1) is 12.3. The first-order valence-corrected chi connectivity index (χ1v) is 8.62. The molecular weight excluding hydrogens is 336 g/mol. The fourth-order valence-corrected chi connectivity index (χ4v) is 2.55. The van der Waals surface area contributed by atoms with E-state index in [9.17, 15) is 19.7 Å². The van der Waals surface area contributed by atoms with Crippen LogP contribution in [0.2, 0.25) is 0 Å². The van der Waals surface area contributed by atoms with Crippen molar-refractivity contribution in [1.82, 2.24) is 15.1 Å². The van der Waals surface area contributed by atoms with Crippen molar-refractivity contribution in [3.8, 4) is 5.69 Å². The van der Waals surface area contributed by atoms with Crippen molar-refractivity contribution in [2.75, 3.05) is 6.54 Å². The highest BCUT2D eigenvalue weighted by Crippen LogP contribution is 2.18. The Morgan fingerprint density at radius 3 is 2.38 bits per heavy atom. The topological polar surface area (TPSA) is 110 Å². The minimum Gasteiger partial charge on any atom is -0.307 e. The van der Waals surface area contributed by atoms with Crippen LogP contribution in [0.15, 0.2) is 29.1 Å². The zero-order valence-corrected chi connectivity index (χ0v) is 15.4. The van der Waals surface area contributed by atoms with Crippen molar-refractivity contribution in [3.05, 3.63) is 56.0 Å². The van der Waals surface area contributed by atoms with Crippen LogP contribution in [0.25, 0.3) is 5.69 Å². The third-order valence-corrected chi connectivity index (χ3v) is 4.32. The van der Waals surface area contributed by atoms with Crippen molar-refractivity contribution >= 4 is 11.5 Å². The van der Waals surface area contributed by atoms with Crippen molar-refractivity contribution in [2.24, 2.45) is 0 Å². The molecule has 1 aromatic carbocycles. The van der Waals surface area contributed by atoms with E-state index in [-0.39, 0.29) is 35.5 Å². The number of nitro groups is 1. The molecule has 140 valence electrons. The average Bonchev–Trinajstić information content (AvgIpc) is 2.97. The van der Waals surface area contributed by atoms with Crippen molar-refractivity contribution in [2.45, 2.75) is 46.1 Å². The zero-order valence-electron chi connectivity index (χ0n) is 15.4. The van der Waals surface area contributed by atoms with Gasteiger partial charge in [0.15, 0.2) is 5.78 Å². The van der Waals surface area contributed by atoms with Gasteiger partial charge in [-0.05, 0) is 31.4 Å². The summed E-state index contributed by atoms with van der Waals surface area (Å²) >= 11 is 0. The maximum Gasteiger partial charge on any atom is 0.282 e.